The van der Waals surface area contributed by atoms with Crippen molar-refractivity contribution in [3.8, 4) is 11.5 Å². The highest BCUT2D eigenvalue weighted by molar-refractivity contribution is 5.91. The number of nitrogens with one attached hydrogen (secondary N) is 1. The van der Waals surface area contributed by atoms with E-state index >= 15 is 0 Å². The lowest BCUT2D eigenvalue weighted by atomic mass is 10.2. The first-order valence-corrected chi connectivity index (χ1v) is 7.06. The molecule has 23 heavy (non-hydrogen) atoms. The fourth-order valence-corrected chi connectivity index (χ4v) is 2.36. The normalized spacial score (nSPS) is 10.6. The van der Waals surface area contributed by atoms with E-state index in [4.69, 9.17) is 9.47 Å². The molecule has 0 aliphatic heterocycles. The standard InChI is InChI=1S/C17H16FN3O2/c1-22-15-7-13-14(8-16(15)23-2)20-10-21-17(13)19-9-11-4-3-5-12(18)6-11/h3-8,10H,9H2,1-2H3,(H,19,20,21). The van der Waals surface area contributed by atoms with Gasteiger partial charge in [-0.05, 0) is 23.8 Å². The summed E-state index contributed by atoms with van der Waals surface area (Å²) in [6.07, 6.45) is 1.47. The average Bonchev–Trinajstić information content (AvgIpc) is 2.58. The summed E-state index contributed by atoms with van der Waals surface area (Å²) in [5.74, 6) is 1.60. The molecule has 3 rings (SSSR count). The van der Waals surface area contributed by atoms with Crippen molar-refractivity contribution >= 4 is 16.7 Å². The van der Waals surface area contributed by atoms with Crippen LogP contribution in [0.2, 0.25) is 0 Å². The minimum Gasteiger partial charge on any atom is -0.493 e. The van der Waals surface area contributed by atoms with E-state index < -0.39 is 0 Å². The third-order valence-corrected chi connectivity index (χ3v) is 3.49. The summed E-state index contributed by atoms with van der Waals surface area (Å²) in [5.41, 5.74) is 1.57. The Balaban J connectivity index is 1.94. The third kappa shape index (κ3) is 3.15. The number of methoxy groups -OCH3 is 2. The lowest BCUT2D eigenvalue weighted by Crippen LogP contribution is -2.03. The van der Waals surface area contributed by atoms with Gasteiger partial charge in [0.2, 0.25) is 0 Å². The van der Waals surface area contributed by atoms with Crippen molar-refractivity contribution in [1.29, 1.82) is 0 Å². The molecule has 1 heterocycles. The van der Waals surface area contributed by atoms with Crippen molar-refractivity contribution in [2.45, 2.75) is 6.54 Å². The predicted molar refractivity (Wildman–Crippen MR) is 86.4 cm³/mol. The fraction of sp³-hybridized carbons (Fsp3) is 0.176. The Morgan fingerprint density at radius 2 is 1.83 bits per heavy atom. The van der Waals surface area contributed by atoms with Crippen molar-refractivity contribution in [2.24, 2.45) is 0 Å². The maximum absolute atomic E-state index is 13.2. The Bertz CT molecular complexity index is 839. The van der Waals surface area contributed by atoms with Crippen LogP contribution in [0.4, 0.5) is 10.2 Å². The summed E-state index contributed by atoms with van der Waals surface area (Å²) in [7, 11) is 3.15. The van der Waals surface area contributed by atoms with E-state index in [1.54, 1.807) is 26.4 Å². The molecular weight excluding hydrogens is 297 g/mol. The monoisotopic (exact) mass is 313 g/mol. The molecule has 118 valence electrons. The van der Waals surface area contributed by atoms with Gasteiger partial charge in [0.25, 0.3) is 0 Å². The van der Waals surface area contributed by atoms with Crippen molar-refractivity contribution in [2.75, 3.05) is 19.5 Å². The number of hydrogen-bond acceptors (Lipinski definition) is 5. The van der Waals surface area contributed by atoms with Crippen LogP contribution in [0.1, 0.15) is 5.56 Å². The van der Waals surface area contributed by atoms with Gasteiger partial charge in [0.1, 0.15) is 18.0 Å². The minimum absolute atomic E-state index is 0.261. The van der Waals surface area contributed by atoms with Crippen molar-refractivity contribution < 1.29 is 13.9 Å². The Labute approximate surface area is 133 Å². The molecule has 2 aromatic carbocycles. The molecule has 1 aromatic heterocycles. The van der Waals surface area contributed by atoms with Crippen molar-refractivity contribution in [3.63, 3.8) is 0 Å². The zero-order valence-electron chi connectivity index (χ0n) is 12.8. The number of aromatic nitrogens is 2. The van der Waals surface area contributed by atoms with Gasteiger partial charge in [0.05, 0.1) is 19.7 Å². The maximum Gasteiger partial charge on any atom is 0.162 e. The number of fused-ring (bicyclic) bond motifs is 1. The van der Waals surface area contributed by atoms with Crippen LogP contribution in [0, 0.1) is 5.82 Å². The minimum atomic E-state index is -0.261. The number of halogens is 1. The number of ether oxygens (including phenoxy) is 2. The average molecular weight is 313 g/mol. The first-order valence-electron chi connectivity index (χ1n) is 7.06. The van der Waals surface area contributed by atoms with Crippen molar-refractivity contribution in [3.05, 3.63) is 54.1 Å². The van der Waals surface area contributed by atoms with Crippen LogP contribution >= 0.6 is 0 Å². The quantitative estimate of drug-likeness (QED) is 0.782. The van der Waals surface area contributed by atoms with Crippen LogP contribution in [0.15, 0.2) is 42.7 Å². The van der Waals surface area contributed by atoms with E-state index in [0.717, 1.165) is 16.5 Å². The summed E-state index contributed by atoms with van der Waals surface area (Å²) in [6, 6.07) is 10.0. The van der Waals surface area contributed by atoms with Crippen LogP contribution in [-0.2, 0) is 6.54 Å². The first-order chi connectivity index (χ1) is 11.2. The van der Waals surface area contributed by atoms with Gasteiger partial charge in [-0.1, -0.05) is 12.1 Å². The highest BCUT2D eigenvalue weighted by Crippen LogP contribution is 2.33. The third-order valence-electron chi connectivity index (χ3n) is 3.49. The molecule has 0 radical (unpaired) electrons. The van der Waals surface area contributed by atoms with Crippen LogP contribution < -0.4 is 14.8 Å². The Morgan fingerprint density at radius 1 is 1.04 bits per heavy atom. The SMILES string of the molecule is COc1cc2ncnc(NCc3cccc(F)c3)c2cc1OC. The van der Waals surface area contributed by atoms with Gasteiger partial charge < -0.3 is 14.8 Å². The molecule has 0 bridgehead atoms. The lowest BCUT2D eigenvalue weighted by molar-refractivity contribution is 0.356. The van der Waals surface area contributed by atoms with Gasteiger partial charge in [-0.3, -0.25) is 0 Å². The van der Waals surface area contributed by atoms with E-state index in [9.17, 15) is 4.39 Å². The molecular formula is C17H16FN3O2. The molecule has 0 aliphatic rings. The molecule has 1 N–H and O–H groups in total. The molecule has 0 aliphatic carbocycles. The highest BCUT2D eigenvalue weighted by atomic mass is 19.1. The largest absolute Gasteiger partial charge is 0.493 e. The van der Waals surface area contributed by atoms with Crippen LogP contribution in [0.25, 0.3) is 10.9 Å². The molecule has 0 amide bonds. The fourth-order valence-electron chi connectivity index (χ4n) is 2.36. The molecule has 0 saturated carbocycles. The highest BCUT2D eigenvalue weighted by Gasteiger charge is 2.10. The molecule has 0 spiro atoms. The number of hydrogen-bond donors (Lipinski definition) is 1. The first kappa shape index (κ1) is 15.0. The Hall–Kier alpha value is -2.89. The van der Waals surface area contributed by atoms with Crippen molar-refractivity contribution in [1.82, 2.24) is 9.97 Å². The second-order valence-corrected chi connectivity index (χ2v) is 4.93. The van der Waals surface area contributed by atoms with Crippen LogP contribution in [0.5, 0.6) is 11.5 Å². The molecule has 6 heteroatoms. The van der Waals surface area contributed by atoms with E-state index in [0.29, 0.717) is 23.9 Å². The topological polar surface area (TPSA) is 56.3 Å². The van der Waals surface area contributed by atoms with Gasteiger partial charge in [-0.15, -0.1) is 0 Å². The molecule has 0 saturated heterocycles. The number of nitrogens with zero attached hydrogens (tertiary/aromatic N) is 2. The smallest absolute Gasteiger partial charge is 0.162 e. The second kappa shape index (κ2) is 6.48. The number of anilines is 1. The lowest BCUT2D eigenvalue weighted by Gasteiger charge is -2.12. The molecule has 3 aromatic rings. The maximum atomic E-state index is 13.2. The molecule has 0 unspecified atom stereocenters. The number of rotatable bonds is 5. The summed E-state index contributed by atoms with van der Waals surface area (Å²) in [5, 5.41) is 4.01. The molecule has 0 atom stereocenters. The second-order valence-electron chi connectivity index (χ2n) is 4.93. The summed E-state index contributed by atoms with van der Waals surface area (Å²) >= 11 is 0. The van der Waals surface area contributed by atoms with Gasteiger partial charge in [0.15, 0.2) is 11.5 Å². The van der Waals surface area contributed by atoms with Crippen LogP contribution in [0.3, 0.4) is 0 Å². The van der Waals surface area contributed by atoms with Gasteiger partial charge >= 0.3 is 0 Å². The molecule has 0 fully saturated rings. The Morgan fingerprint density at radius 3 is 2.57 bits per heavy atom. The van der Waals surface area contributed by atoms with E-state index in [1.807, 2.05) is 12.1 Å². The van der Waals surface area contributed by atoms with E-state index in [2.05, 4.69) is 15.3 Å². The Kier molecular flexibility index (Phi) is 4.23. The zero-order valence-corrected chi connectivity index (χ0v) is 12.8. The van der Waals surface area contributed by atoms with Gasteiger partial charge in [-0.2, -0.15) is 0 Å². The molecule has 5 nitrogen and oxygen atoms in total. The summed E-state index contributed by atoms with van der Waals surface area (Å²) in [6.45, 7) is 0.457. The predicted octanol–water partition coefficient (Wildman–Crippen LogP) is 3.40. The van der Waals surface area contributed by atoms with Gasteiger partial charge in [-0.25, -0.2) is 14.4 Å². The summed E-state index contributed by atoms with van der Waals surface area (Å²) < 4.78 is 23.8. The van der Waals surface area contributed by atoms with Gasteiger partial charge in [0, 0.05) is 18.0 Å². The summed E-state index contributed by atoms with van der Waals surface area (Å²) in [4.78, 5) is 8.51. The van der Waals surface area contributed by atoms with E-state index in [-0.39, 0.29) is 5.82 Å². The zero-order chi connectivity index (χ0) is 16.2. The number of benzene rings is 2. The van der Waals surface area contributed by atoms with E-state index in [1.165, 1.54) is 18.5 Å². The van der Waals surface area contributed by atoms with Crippen LogP contribution in [-0.4, -0.2) is 24.2 Å².